The van der Waals surface area contributed by atoms with Crippen molar-refractivity contribution in [2.45, 2.75) is 39.5 Å². The van der Waals surface area contributed by atoms with Gasteiger partial charge >= 0.3 is 0 Å². The van der Waals surface area contributed by atoms with E-state index in [1.807, 2.05) is 43.3 Å². The largest absolute Gasteiger partial charge is 0.493 e. The van der Waals surface area contributed by atoms with Crippen molar-refractivity contribution < 1.29 is 19.0 Å². The van der Waals surface area contributed by atoms with Crippen LogP contribution in [0.3, 0.4) is 0 Å². The zero-order chi connectivity index (χ0) is 24.0. The van der Waals surface area contributed by atoms with Crippen molar-refractivity contribution in [3.05, 3.63) is 58.5 Å². The molecular formula is C26H31NO4S2. The van der Waals surface area contributed by atoms with Gasteiger partial charge in [-0.1, -0.05) is 69.0 Å². The fourth-order valence-electron chi connectivity index (χ4n) is 3.35. The molecule has 1 saturated heterocycles. The Morgan fingerprint density at radius 2 is 1.76 bits per heavy atom. The lowest BCUT2D eigenvalue weighted by Crippen LogP contribution is -2.27. The molecule has 1 heterocycles. The molecule has 2 aromatic carbocycles. The van der Waals surface area contributed by atoms with Gasteiger partial charge in [0.2, 0.25) is 0 Å². The van der Waals surface area contributed by atoms with Gasteiger partial charge in [0.05, 0.1) is 25.2 Å². The third-order valence-electron chi connectivity index (χ3n) is 5.23. The molecule has 0 unspecified atom stereocenters. The van der Waals surface area contributed by atoms with Crippen LogP contribution < -0.4 is 14.2 Å². The van der Waals surface area contributed by atoms with Gasteiger partial charge in [-0.25, -0.2) is 0 Å². The fourth-order valence-corrected chi connectivity index (χ4v) is 4.72. The Hall–Kier alpha value is -2.51. The van der Waals surface area contributed by atoms with Crippen molar-refractivity contribution in [3.63, 3.8) is 0 Å². The predicted molar refractivity (Wildman–Crippen MR) is 139 cm³/mol. The average Bonchev–Trinajstić information content (AvgIpc) is 3.05. The number of benzene rings is 2. The summed E-state index contributed by atoms with van der Waals surface area (Å²) in [6.45, 7) is 10.0. The Morgan fingerprint density at radius 3 is 2.36 bits per heavy atom. The number of methoxy groups -OCH3 is 1. The third-order valence-corrected chi connectivity index (χ3v) is 6.61. The lowest BCUT2D eigenvalue weighted by atomic mass is 9.87. The van der Waals surface area contributed by atoms with Crippen molar-refractivity contribution in [2.24, 2.45) is 0 Å². The highest BCUT2D eigenvalue weighted by Crippen LogP contribution is 2.37. The van der Waals surface area contributed by atoms with Gasteiger partial charge in [-0.3, -0.25) is 9.69 Å². The van der Waals surface area contributed by atoms with E-state index in [9.17, 15) is 4.79 Å². The van der Waals surface area contributed by atoms with Gasteiger partial charge < -0.3 is 14.2 Å². The van der Waals surface area contributed by atoms with Gasteiger partial charge in [0.1, 0.15) is 10.1 Å². The molecule has 0 N–H and O–H groups in total. The van der Waals surface area contributed by atoms with Crippen LogP contribution in [0, 0.1) is 0 Å². The maximum absolute atomic E-state index is 12.6. The van der Waals surface area contributed by atoms with Crippen LogP contribution in [-0.2, 0) is 10.2 Å². The van der Waals surface area contributed by atoms with E-state index in [2.05, 4.69) is 32.9 Å². The first-order chi connectivity index (χ1) is 15.7. The average molecular weight is 486 g/mol. The van der Waals surface area contributed by atoms with E-state index in [4.69, 9.17) is 26.4 Å². The Kier molecular flexibility index (Phi) is 8.43. The highest BCUT2D eigenvalue weighted by Gasteiger charge is 2.31. The normalized spacial score (nSPS) is 15.3. The summed E-state index contributed by atoms with van der Waals surface area (Å²) in [6, 6.07) is 13.9. The van der Waals surface area contributed by atoms with Crippen LogP contribution in [-0.4, -0.2) is 42.0 Å². The minimum atomic E-state index is -0.0767. The molecule has 7 heteroatoms. The summed E-state index contributed by atoms with van der Waals surface area (Å²) in [7, 11) is 1.60. The second-order valence-corrected chi connectivity index (χ2v) is 10.3. The van der Waals surface area contributed by atoms with Crippen LogP contribution in [0.2, 0.25) is 0 Å². The Labute approximate surface area is 206 Å². The highest BCUT2D eigenvalue weighted by molar-refractivity contribution is 8.26. The number of nitrogens with zero attached hydrogens (tertiary/aromatic N) is 1. The van der Waals surface area contributed by atoms with Gasteiger partial charge in [-0.05, 0) is 42.2 Å². The number of thiocarbonyl (C=S) groups is 1. The highest BCUT2D eigenvalue weighted by atomic mass is 32.2. The lowest BCUT2D eigenvalue weighted by molar-refractivity contribution is -0.121. The molecule has 1 aliphatic rings. The molecule has 1 fully saturated rings. The van der Waals surface area contributed by atoms with Gasteiger partial charge in [-0.2, -0.15) is 0 Å². The van der Waals surface area contributed by atoms with Crippen molar-refractivity contribution in [2.75, 3.05) is 26.9 Å². The molecule has 5 nitrogen and oxygen atoms in total. The molecule has 2 aromatic rings. The number of likely N-dealkylation sites (N-methyl/N-ethyl adjacent to an activating group) is 1. The second-order valence-electron chi connectivity index (χ2n) is 8.63. The molecule has 0 saturated carbocycles. The maximum atomic E-state index is 12.6. The van der Waals surface area contributed by atoms with Crippen LogP contribution in [0.4, 0.5) is 0 Å². The van der Waals surface area contributed by atoms with Crippen LogP contribution in [0.25, 0.3) is 6.08 Å². The molecule has 0 atom stereocenters. The molecule has 0 aromatic heterocycles. The van der Waals surface area contributed by atoms with Crippen molar-refractivity contribution in [3.8, 4) is 17.2 Å². The SMILES string of the molecule is CCN1C(=O)/C(=C\c2cccc(OC)c2OCCCOc2ccc(C(C)(C)C)cc2)SC1=S. The van der Waals surface area contributed by atoms with E-state index in [0.29, 0.717) is 46.9 Å². The number of rotatable bonds is 9. The number of hydrogen-bond donors (Lipinski definition) is 0. The number of para-hydroxylation sites is 1. The molecule has 0 aliphatic carbocycles. The topological polar surface area (TPSA) is 48.0 Å². The summed E-state index contributed by atoms with van der Waals surface area (Å²) >= 11 is 6.62. The quantitative estimate of drug-likeness (QED) is 0.244. The Morgan fingerprint density at radius 1 is 1.06 bits per heavy atom. The molecule has 176 valence electrons. The number of carbonyl (C=O) groups excluding carboxylic acids is 1. The number of hydrogen-bond acceptors (Lipinski definition) is 6. The second kappa shape index (κ2) is 11.1. The molecule has 0 radical (unpaired) electrons. The first-order valence-corrected chi connectivity index (χ1v) is 12.3. The van der Waals surface area contributed by atoms with Gasteiger partial charge in [0.15, 0.2) is 11.5 Å². The standard InChI is InChI=1S/C26H31NO4S2/c1-6-27-24(28)22(33-25(27)32)17-18-9-7-10-21(29-5)23(18)31-16-8-15-30-20-13-11-19(12-14-20)26(2,3)4/h7,9-14,17H,6,8,15-16H2,1-5H3/b22-17+. The Balaban J connectivity index is 1.61. The van der Waals surface area contributed by atoms with Crippen molar-refractivity contribution in [1.82, 2.24) is 4.90 Å². The zero-order valence-electron chi connectivity index (χ0n) is 19.8. The predicted octanol–water partition coefficient (Wildman–Crippen LogP) is 6.06. The molecule has 0 bridgehead atoms. The number of amides is 1. The van der Waals surface area contributed by atoms with E-state index in [1.54, 1.807) is 12.0 Å². The number of ether oxygens (including phenoxy) is 3. The van der Waals surface area contributed by atoms with Crippen LogP contribution in [0.15, 0.2) is 47.4 Å². The summed E-state index contributed by atoms with van der Waals surface area (Å²) in [6.07, 6.45) is 2.52. The minimum absolute atomic E-state index is 0.0767. The molecule has 33 heavy (non-hydrogen) atoms. The van der Waals surface area contributed by atoms with E-state index >= 15 is 0 Å². The summed E-state index contributed by atoms with van der Waals surface area (Å²) in [5.74, 6) is 2.00. The smallest absolute Gasteiger partial charge is 0.266 e. The summed E-state index contributed by atoms with van der Waals surface area (Å²) in [5.41, 5.74) is 2.18. The van der Waals surface area contributed by atoms with Gasteiger partial charge in [0.25, 0.3) is 5.91 Å². The van der Waals surface area contributed by atoms with Crippen LogP contribution >= 0.6 is 24.0 Å². The van der Waals surface area contributed by atoms with Gasteiger partial charge in [-0.15, -0.1) is 0 Å². The fraction of sp³-hybridized carbons (Fsp3) is 0.385. The number of carbonyl (C=O) groups is 1. The summed E-state index contributed by atoms with van der Waals surface area (Å²) in [4.78, 5) is 14.8. The molecule has 0 spiro atoms. The van der Waals surface area contributed by atoms with E-state index in [0.717, 1.165) is 11.3 Å². The zero-order valence-corrected chi connectivity index (χ0v) is 21.5. The molecular weight excluding hydrogens is 454 g/mol. The van der Waals surface area contributed by atoms with Crippen LogP contribution in [0.5, 0.6) is 17.2 Å². The molecule has 1 amide bonds. The summed E-state index contributed by atoms with van der Waals surface area (Å²) < 4.78 is 18.0. The summed E-state index contributed by atoms with van der Waals surface area (Å²) in [5, 5.41) is 0. The number of thioether (sulfide) groups is 1. The first kappa shape index (κ1) is 25.1. The van der Waals surface area contributed by atoms with Crippen LogP contribution in [0.1, 0.15) is 45.2 Å². The minimum Gasteiger partial charge on any atom is -0.493 e. The van der Waals surface area contributed by atoms with E-state index in [-0.39, 0.29) is 11.3 Å². The van der Waals surface area contributed by atoms with Crippen molar-refractivity contribution >= 4 is 40.3 Å². The maximum Gasteiger partial charge on any atom is 0.266 e. The van der Waals surface area contributed by atoms with Gasteiger partial charge in [0, 0.05) is 18.5 Å². The third kappa shape index (κ3) is 6.30. The van der Waals surface area contributed by atoms with E-state index in [1.165, 1.54) is 17.3 Å². The lowest BCUT2D eigenvalue weighted by Gasteiger charge is -2.19. The molecule has 3 rings (SSSR count). The van der Waals surface area contributed by atoms with Crippen molar-refractivity contribution in [1.29, 1.82) is 0 Å². The van der Waals surface area contributed by atoms with E-state index < -0.39 is 0 Å². The Bertz CT molecular complexity index is 1030. The first-order valence-electron chi connectivity index (χ1n) is 11.0. The molecule has 1 aliphatic heterocycles. The monoisotopic (exact) mass is 485 g/mol.